The summed E-state index contributed by atoms with van der Waals surface area (Å²) in [7, 11) is 1.62. The quantitative estimate of drug-likeness (QED) is 0.505. The average Bonchev–Trinajstić information content (AvgIpc) is 3.04. The Bertz CT molecular complexity index is 666. The van der Waals surface area contributed by atoms with E-state index in [0.29, 0.717) is 57.8 Å². The van der Waals surface area contributed by atoms with E-state index in [-0.39, 0.29) is 17.2 Å². The van der Waals surface area contributed by atoms with E-state index in [9.17, 15) is 9.90 Å². The van der Waals surface area contributed by atoms with Gasteiger partial charge in [-0.05, 0) is 13.8 Å². The molecule has 0 saturated carbocycles. The van der Waals surface area contributed by atoms with Gasteiger partial charge in [-0.25, -0.2) is 4.98 Å². The van der Waals surface area contributed by atoms with Crippen LogP contribution in [0.5, 0.6) is 11.5 Å². The van der Waals surface area contributed by atoms with Crippen molar-refractivity contribution in [2.45, 2.75) is 19.4 Å². The van der Waals surface area contributed by atoms with Gasteiger partial charge in [-0.2, -0.15) is 0 Å². The summed E-state index contributed by atoms with van der Waals surface area (Å²) in [4.78, 5) is 20.2. The molecule has 9 heteroatoms. The molecule has 1 atom stereocenters. The number of aliphatic imine (C=N–C) groups is 1. The Kier molecular flexibility index (Phi) is 7.96. The van der Waals surface area contributed by atoms with Gasteiger partial charge in [0.15, 0.2) is 11.6 Å². The lowest BCUT2D eigenvalue weighted by Crippen LogP contribution is -2.36. The lowest BCUT2D eigenvalue weighted by atomic mass is 10.00. The Labute approximate surface area is 158 Å². The fourth-order valence-electron chi connectivity index (χ4n) is 2.30. The van der Waals surface area contributed by atoms with Gasteiger partial charge in [0.05, 0.1) is 39.2 Å². The third kappa shape index (κ3) is 6.16. The second-order valence-corrected chi connectivity index (χ2v) is 6.25. The summed E-state index contributed by atoms with van der Waals surface area (Å²) in [5.74, 6) is 0.699. The Balaban J connectivity index is 1.76. The molecule has 1 aliphatic heterocycles. The molecular weight excluding hydrogens is 354 g/mol. The van der Waals surface area contributed by atoms with E-state index in [1.807, 2.05) is 0 Å². The number of nitrogens with one attached hydrogen (secondary N) is 1. The zero-order chi connectivity index (χ0) is 19.7. The maximum absolute atomic E-state index is 11.7. The minimum absolute atomic E-state index is 0.0476. The molecule has 27 heavy (non-hydrogen) atoms. The lowest BCUT2D eigenvalue weighted by molar-refractivity contribution is -0.120. The van der Waals surface area contributed by atoms with Gasteiger partial charge in [0.1, 0.15) is 29.3 Å². The summed E-state index contributed by atoms with van der Waals surface area (Å²) in [6.45, 7) is 6.39. The highest BCUT2D eigenvalue weighted by Crippen LogP contribution is 2.25. The number of carbonyl (C=O) groups excluding carboxylic acids is 1. The number of methoxy groups -OCH3 is 1. The van der Waals surface area contributed by atoms with Gasteiger partial charge in [-0.3, -0.25) is 9.79 Å². The minimum Gasteiger partial charge on any atom is -0.505 e. The van der Waals surface area contributed by atoms with Crippen molar-refractivity contribution in [2.75, 3.05) is 53.3 Å². The maximum atomic E-state index is 11.7. The van der Waals surface area contributed by atoms with E-state index in [4.69, 9.17) is 18.9 Å². The number of nitrogens with zero attached hydrogens (tertiary/aromatic N) is 2. The van der Waals surface area contributed by atoms with E-state index >= 15 is 0 Å². The fourth-order valence-corrected chi connectivity index (χ4v) is 2.30. The third-order valence-corrected chi connectivity index (χ3v) is 4.08. The predicted molar refractivity (Wildman–Crippen MR) is 98.5 cm³/mol. The van der Waals surface area contributed by atoms with Gasteiger partial charge in [0.2, 0.25) is 0 Å². The standard InChI is InChI=1S/C18H27N3O6/c1-13(22)18(2)12-20-17(21-18)16-15(23)10-14(11-19-16)27-9-8-26-7-6-25-5-4-24-3/h10-11,23H,4-9,12H2,1-3H3,(H,20,21). The molecule has 1 aromatic heterocycles. The summed E-state index contributed by atoms with van der Waals surface area (Å²) in [5.41, 5.74) is -0.541. The van der Waals surface area contributed by atoms with Crippen molar-refractivity contribution in [3.05, 3.63) is 18.0 Å². The van der Waals surface area contributed by atoms with Gasteiger partial charge in [-0.1, -0.05) is 0 Å². The zero-order valence-electron chi connectivity index (χ0n) is 16.0. The van der Waals surface area contributed by atoms with Crippen LogP contribution in [0.1, 0.15) is 19.5 Å². The highest BCUT2D eigenvalue weighted by Gasteiger charge is 2.35. The van der Waals surface area contributed by atoms with Crippen LogP contribution in [-0.4, -0.2) is 80.5 Å². The van der Waals surface area contributed by atoms with Crippen LogP contribution in [0, 0.1) is 0 Å². The highest BCUT2D eigenvalue weighted by molar-refractivity contribution is 6.04. The summed E-state index contributed by atoms with van der Waals surface area (Å²) >= 11 is 0. The average molecular weight is 381 g/mol. The first-order chi connectivity index (χ1) is 13.0. The number of carbonyl (C=O) groups is 1. The minimum atomic E-state index is -0.830. The number of hydrogen-bond acceptors (Lipinski definition) is 9. The molecule has 150 valence electrons. The van der Waals surface area contributed by atoms with Crippen molar-refractivity contribution in [3.63, 3.8) is 0 Å². The van der Waals surface area contributed by atoms with E-state index in [1.54, 1.807) is 14.0 Å². The van der Waals surface area contributed by atoms with Crippen LogP contribution in [0.4, 0.5) is 0 Å². The molecule has 0 bridgehead atoms. The monoisotopic (exact) mass is 381 g/mol. The number of hydrogen-bond donors (Lipinski definition) is 2. The van der Waals surface area contributed by atoms with Crippen molar-refractivity contribution in [2.24, 2.45) is 4.99 Å². The van der Waals surface area contributed by atoms with Crippen LogP contribution >= 0.6 is 0 Å². The SMILES string of the molecule is COCCOCCOCCOc1cnc(C2=NC(C)(C(C)=O)CN2)c(O)c1. The maximum Gasteiger partial charge on any atom is 0.158 e. The Morgan fingerprint density at radius 1 is 1.22 bits per heavy atom. The van der Waals surface area contributed by atoms with Crippen LogP contribution in [0.15, 0.2) is 17.3 Å². The van der Waals surface area contributed by atoms with Crippen LogP contribution in [0.25, 0.3) is 0 Å². The molecular formula is C18H27N3O6. The molecule has 1 unspecified atom stereocenters. The molecule has 0 spiro atoms. The molecule has 1 aromatic rings. The van der Waals surface area contributed by atoms with Crippen LogP contribution in [0.2, 0.25) is 0 Å². The van der Waals surface area contributed by atoms with Gasteiger partial charge >= 0.3 is 0 Å². The number of ketones is 1. The molecule has 0 aliphatic carbocycles. The molecule has 1 aliphatic rings. The van der Waals surface area contributed by atoms with Crippen molar-refractivity contribution in [1.82, 2.24) is 10.3 Å². The largest absolute Gasteiger partial charge is 0.505 e. The predicted octanol–water partition coefficient (Wildman–Crippen LogP) is 0.543. The number of aromatic nitrogens is 1. The zero-order valence-corrected chi connectivity index (χ0v) is 16.0. The highest BCUT2D eigenvalue weighted by atomic mass is 16.6. The molecule has 2 heterocycles. The van der Waals surface area contributed by atoms with E-state index in [2.05, 4.69) is 15.3 Å². The number of ether oxygens (including phenoxy) is 4. The number of aromatic hydroxyl groups is 1. The second-order valence-electron chi connectivity index (χ2n) is 6.25. The van der Waals surface area contributed by atoms with Gasteiger partial charge in [0, 0.05) is 19.7 Å². The van der Waals surface area contributed by atoms with E-state index in [1.165, 1.54) is 19.2 Å². The molecule has 0 amide bonds. The Hall–Kier alpha value is -2.23. The van der Waals surface area contributed by atoms with Gasteiger partial charge in [0.25, 0.3) is 0 Å². The Morgan fingerprint density at radius 2 is 1.89 bits per heavy atom. The first-order valence-electron chi connectivity index (χ1n) is 8.77. The molecule has 9 nitrogen and oxygen atoms in total. The van der Waals surface area contributed by atoms with Crippen molar-refractivity contribution >= 4 is 11.6 Å². The summed E-state index contributed by atoms with van der Waals surface area (Å²) in [5, 5.41) is 13.2. The smallest absolute Gasteiger partial charge is 0.158 e. The first-order valence-corrected chi connectivity index (χ1v) is 8.77. The normalized spacial score (nSPS) is 18.9. The summed E-state index contributed by atoms with van der Waals surface area (Å²) in [6.07, 6.45) is 1.50. The molecule has 2 N–H and O–H groups in total. The molecule has 0 fully saturated rings. The van der Waals surface area contributed by atoms with Crippen LogP contribution in [0.3, 0.4) is 0 Å². The topological polar surface area (TPSA) is 112 Å². The molecule has 2 rings (SSSR count). The summed E-state index contributed by atoms with van der Waals surface area (Å²) in [6, 6.07) is 1.46. The van der Waals surface area contributed by atoms with Crippen molar-refractivity contribution in [1.29, 1.82) is 0 Å². The summed E-state index contributed by atoms with van der Waals surface area (Å²) < 4.78 is 21.0. The van der Waals surface area contributed by atoms with Gasteiger partial charge in [-0.15, -0.1) is 0 Å². The van der Waals surface area contributed by atoms with Crippen LogP contribution < -0.4 is 10.1 Å². The second kappa shape index (κ2) is 10.2. The first kappa shape index (κ1) is 21.1. The van der Waals surface area contributed by atoms with Crippen LogP contribution in [-0.2, 0) is 19.0 Å². The number of rotatable bonds is 12. The number of Topliss-reactive ketones (excluding diaryl/α,β-unsaturated/α-hetero) is 1. The third-order valence-electron chi connectivity index (χ3n) is 4.08. The lowest BCUT2D eigenvalue weighted by Gasteiger charge is -2.13. The number of pyridine rings is 1. The van der Waals surface area contributed by atoms with Gasteiger partial charge < -0.3 is 29.4 Å². The van der Waals surface area contributed by atoms with Crippen molar-refractivity contribution < 1.29 is 28.8 Å². The number of amidine groups is 1. The Morgan fingerprint density at radius 3 is 2.48 bits per heavy atom. The van der Waals surface area contributed by atoms with E-state index in [0.717, 1.165) is 0 Å². The fraction of sp³-hybridized carbons (Fsp3) is 0.611. The van der Waals surface area contributed by atoms with Crippen molar-refractivity contribution in [3.8, 4) is 11.5 Å². The molecule has 0 aromatic carbocycles. The van der Waals surface area contributed by atoms with E-state index < -0.39 is 5.54 Å². The molecule has 0 saturated heterocycles. The molecule has 0 radical (unpaired) electrons.